The van der Waals surface area contributed by atoms with Crippen molar-refractivity contribution in [1.82, 2.24) is 10.1 Å². The van der Waals surface area contributed by atoms with E-state index in [0.29, 0.717) is 5.69 Å². The number of anilines is 2. The predicted octanol–water partition coefficient (Wildman–Crippen LogP) is 2.02. The maximum atomic E-state index is 11.4. The van der Waals surface area contributed by atoms with Crippen LogP contribution in [0.5, 0.6) is 0 Å². The van der Waals surface area contributed by atoms with Crippen molar-refractivity contribution in [2.24, 2.45) is 0 Å². The second-order valence-corrected chi connectivity index (χ2v) is 3.14. The van der Waals surface area contributed by atoms with Gasteiger partial charge in [0.1, 0.15) is 0 Å². The number of amides is 2. The van der Waals surface area contributed by atoms with Crippen LogP contribution < -0.4 is 10.6 Å². The Morgan fingerprint density at radius 2 is 2.19 bits per heavy atom. The summed E-state index contributed by atoms with van der Waals surface area (Å²) in [7, 11) is 0. The van der Waals surface area contributed by atoms with Gasteiger partial charge in [0.15, 0.2) is 0 Å². The number of hydrogen-bond acceptors (Lipinski definition) is 4. The lowest BCUT2D eigenvalue weighted by Gasteiger charge is -2.04. The van der Waals surface area contributed by atoms with Gasteiger partial charge in [-0.1, -0.05) is 5.16 Å². The Labute approximate surface area is 91.7 Å². The molecule has 0 aliphatic rings. The minimum atomic E-state index is -0.401. The van der Waals surface area contributed by atoms with Crippen molar-refractivity contribution in [2.45, 2.75) is 6.92 Å². The molecule has 0 saturated carbocycles. The zero-order valence-electron chi connectivity index (χ0n) is 8.60. The number of pyridine rings is 1. The van der Waals surface area contributed by atoms with Crippen molar-refractivity contribution < 1.29 is 9.32 Å². The van der Waals surface area contributed by atoms with E-state index in [0.717, 1.165) is 5.69 Å². The Morgan fingerprint density at radius 3 is 2.81 bits per heavy atom. The van der Waals surface area contributed by atoms with Gasteiger partial charge < -0.3 is 9.84 Å². The number of nitrogens with one attached hydrogen (secondary N) is 2. The molecule has 0 aliphatic heterocycles. The first kappa shape index (κ1) is 10.2. The van der Waals surface area contributed by atoms with Gasteiger partial charge in [-0.2, -0.15) is 0 Å². The predicted molar refractivity (Wildman–Crippen MR) is 58.1 cm³/mol. The maximum Gasteiger partial charge on any atom is 0.326 e. The molecule has 2 amide bonds. The summed E-state index contributed by atoms with van der Waals surface area (Å²) in [4.78, 5) is 15.5. The molecule has 2 rings (SSSR count). The van der Waals surface area contributed by atoms with Gasteiger partial charge in [-0.15, -0.1) is 0 Å². The van der Waals surface area contributed by atoms with E-state index in [-0.39, 0.29) is 5.88 Å². The van der Waals surface area contributed by atoms with Crippen LogP contribution in [-0.2, 0) is 0 Å². The molecule has 0 fully saturated rings. The summed E-state index contributed by atoms with van der Waals surface area (Å²) in [5.74, 6) is 0.289. The number of hydrogen-bond donors (Lipinski definition) is 2. The average Bonchev–Trinajstić information content (AvgIpc) is 2.74. The van der Waals surface area contributed by atoms with Crippen LogP contribution in [0, 0.1) is 6.92 Å². The third kappa shape index (κ3) is 2.57. The summed E-state index contributed by atoms with van der Waals surface area (Å²) >= 11 is 0. The molecule has 16 heavy (non-hydrogen) atoms. The molecule has 0 aromatic carbocycles. The van der Waals surface area contributed by atoms with E-state index < -0.39 is 6.03 Å². The molecular formula is C10H10N4O2. The standard InChI is InChI=1S/C10H10N4O2/c1-7-2-3-8(6-11-7)13-10(15)14-9-4-5-12-16-9/h2-6H,1H3,(H2,13,14,15). The highest BCUT2D eigenvalue weighted by Crippen LogP contribution is 2.08. The molecule has 2 aromatic heterocycles. The minimum absolute atomic E-state index is 0.289. The average molecular weight is 218 g/mol. The Kier molecular flexibility index (Phi) is 2.81. The van der Waals surface area contributed by atoms with Crippen LogP contribution >= 0.6 is 0 Å². The fourth-order valence-corrected chi connectivity index (χ4v) is 1.10. The van der Waals surface area contributed by atoms with E-state index in [9.17, 15) is 4.79 Å². The van der Waals surface area contributed by atoms with Crippen LogP contribution in [0.2, 0.25) is 0 Å². The normalized spacial score (nSPS) is 9.81. The van der Waals surface area contributed by atoms with Gasteiger partial charge in [0.2, 0.25) is 5.88 Å². The van der Waals surface area contributed by atoms with Crippen molar-refractivity contribution in [3.63, 3.8) is 0 Å². The van der Waals surface area contributed by atoms with Crippen LogP contribution in [0.25, 0.3) is 0 Å². The number of carbonyl (C=O) groups excluding carboxylic acids is 1. The van der Waals surface area contributed by atoms with Gasteiger partial charge in [0.05, 0.1) is 18.1 Å². The summed E-state index contributed by atoms with van der Waals surface area (Å²) in [6.45, 7) is 1.87. The van der Waals surface area contributed by atoms with Crippen molar-refractivity contribution >= 4 is 17.6 Å². The molecule has 0 atom stereocenters. The topological polar surface area (TPSA) is 80.0 Å². The number of carbonyl (C=O) groups is 1. The lowest BCUT2D eigenvalue weighted by atomic mass is 10.3. The van der Waals surface area contributed by atoms with Crippen molar-refractivity contribution in [3.8, 4) is 0 Å². The van der Waals surface area contributed by atoms with E-state index in [1.807, 2.05) is 13.0 Å². The Morgan fingerprint density at radius 1 is 1.31 bits per heavy atom. The third-order valence-corrected chi connectivity index (χ3v) is 1.84. The Balaban J connectivity index is 1.95. The lowest BCUT2D eigenvalue weighted by molar-refractivity contribution is 0.261. The summed E-state index contributed by atoms with van der Waals surface area (Å²) in [6.07, 6.45) is 3.03. The molecule has 0 spiro atoms. The molecule has 2 aromatic rings. The second-order valence-electron chi connectivity index (χ2n) is 3.14. The SMILES string of the molecule is Cc1ccc(NC(=O)Nc2ccno2)cn1. The molecule has 6 nitrogen and oxygen atoms in total. The summed E-state index contributed by atoms with van der Waals surface area (Å²) in [5, 5.41) is 8.55. The number of nitrogens with zero attached hydrogens (tertiary/aromatic N) is 2. The van der Waals surface area contributed by atoms with Gasteiger partial charge >= 0.3 is 6.03 Å². The molecular weight excluding hydrogens is 208 g/mol. The first-order chi connectivity index (χ1) is 7.74. The zero-order chi connectivity index (χ0) is 11.4. The highest BCUT2D eigenvalue weighted by molar-refractivity contribution is 5.98. The van der Waals surface area contributed by atoms with Gasteiger partial charge in [0, 0.05) is 11.8 Å². The highest BCUT2D eigenvalue weighted by Gasteiger charge is 2.04. The number of urea groups is 1. The summed E-state index contributed by atoms with van der Waals surface area (Å²) in [5.41, 5.74) is 1.50. The fraction of sp³-hybridized carbons (Fsp3) is 0.100. The first-order valence-corrected chi connectivity index (χ1v) is 4.65. The van der Waals surface area contributed by atoms with Crippen LogP contribution in [-0.4, -0.2) is 16.2 Å². The van der Waals surface area contributed by atoms with Gasteiger partial charge in [-0.3, -0.25) is 10.3 Å². The largest absolute Gasteiger partial charge is 0.338 e. The molecule has 82 valence electrons. The molecule has 0 aliphatic carbocycles. The molecule has 2 N–H and O–H groups in total. The van der Waals surface area contributed by atoms with Crippen molar-refractivity contribution in [2.75, 3.05) is 10.6 Å². The smallest absolute Gasteiger partial charge is 0.326 e. The number of aromatic nitrogens is 2. The quantitative estimate of drug-likeness (QED) is 0.808. The molecule has 0 bridgehead atoms. The molecule has 0 radical (unpaired) electrons. The van der Waals surface area contributed by atoms with Gasteiger partial charge in [-0.05, 0) is 19.1 Å². The highest BCUT2D eigenvalue weighted by atomic mass is 16.5. The van der Waals surface area contributed by atoms with E-state index in [1.165, 1.54) is 6.20 Å². The molecule has 0 unspecified atom stereocenters. The lowest BCUT2D eigenvalue weighted by Crippen LogP contribution is -2.19. The first-order valence-electron chi connectivity index (χ1n) is 4.65. The van der Waals surface area contributed by atoms with E-state index in [2.05, 4.69) is 20.8 Å². The van der Waals surface area contributed by atoms with Crippen LogP contribution in [0.4, 0.5) is 16.4 Å². The van der Waals surface area contributed by atoms with Gasteiger partial charge in [-0.25, -0.2) is 4.79 Å². The second kappa shape index (κ2) is 4.43. The van der Waals surface area contributed by atoms with Crippen molar-refractivity contribution in [1.29, 1.82) is 0 Å². The Hall–Kier alpha value is -2.37. The summed E-state index contributed by atoms with van der Waals surface area (Å²) < 4.78 is 4.72. The van der Waals surface area contributed by atoms with Crippen molar-refractivity contribution in [3.05, 3.63) is 36.3 Å². The number of rotatable bonds is 2. The fourth-order valence-electron chi connectivity index (χ4n) is 1.10. The zero-order valence-corrected chi connectivity index (χ0v) is 8.60. The third-order valence-electron chi connectivity index (χ3n) is 1.84. The van der Waals surface area contributed by atoms with E-state index in [1.54, 1.807) is 18.3 Å². The van der Waals surface area contributed by atoms with E-state index >= 15 is 0 Å². The number of aryl methyl sites for hydroxylation is 1. The maximum absolute atomic E-state index is 11.4. The monoisotopic (exact) mass is 218 g/mol. The minimum Gasteiger partial charge on any atom is -0.338 e. The van der Waals surface area contributed by atoms with Crippen LogP contribution in [0.1, 0.15) is 5.69 Å². The molecule has 2 heterocycles. The summed E-state index contributed by atoms with van der Waals surface area (Å²) in [6, 6.07) is 4.72. The van der Waals surface area contributed by atoms with Crippen LogP contribution in [0.15, 0.2) is 35.1 Å². The Bertz CT molecular complexity index is 464. The van der Waals surface area contributed by atoms with Crippen LogP contribution in [0.3, 0.4) is 0 Å². The molecule has 0 saturated heterocycles. The molecule has 6 heteroatoms. The van der Waals surface area contributed by atoms with E-state index in [4.69, 9.17) is 4.52 Å². The van der Waals surface area contributed by atoms with Gasteiger partial charge in [0.25, 0.3) is 0 Å².